The van der Waals surface area contributed by atoms with Gasteiger partial charge in [-0.1, -0.05) is 39.2 Å². The molecule has 2 saturated carbocycles. The van der Waals surface area contributed by atoms with E-state index in [1.807, 2.05) is 0 Å². The smallest absolute Gasteiger partial charge is 0.0331 e. The van der Waals surface area contributed by atoms with Gasteiger partial charge in [0.2, 0.25) is 0 Å². The molecule has 0 bridgehead atoms. The Morgan fingerprint density at radius 1 is 1.14 bits per heavy atom. The third kappa shape index (κ3) is 3.93. The summed E-state index contributed by atoms with van der Waals surface area (Å²) >= 11 is 0. The standard InChI is InChI=1S/C20H33N/c1-3-16(18-6-5-7-18)11-13-20-17(4-2)10-12-19(21-20)14-15-8-9-15/h11,13,15-16,18-19,21H,3-10,12,14H2,1-2H3/b13-11-. The lowest BCUT2D eigenvalue weighted by molar-refractivity contribution is 0.237. The van der Waals surface area contributed by atoms with E-state index in [0.717, 1.165) is 23.8 Å². The van der Waals surface area contributed by atoms with Crippen LogP contribution in [0.15, 0.2) is 23.4 Å². The van der Waals surface area contributed by atoms with Gasteiger partial charge in [0.1, 0.15) is 0 Å². The Morgan fingerprint density at radius 3 is 2.52 bits per heavy atom. The minimum atomic E-state index is 0.747. The third-order valence-electron chi connectivity index (χ3n) is 6.01. The van der Waals surface area contributed by atoms with E-state index in [9.17, 15) is 0 Å². The maximum Gasteiger partial charge on any atom is 0.0331 e. The summed E-state index contributed by atoms with van der Waals surface area (Å²) in [5.41, 5.74) is 3.13. The van der Waals surface area contributed by atoms with Gasteiger partial charge in [0.15, 0.2) is 0 Å². The number of allylic oxidation sites excluding steroid dienone is 3. The molecule has 0 aromatic heterocycles. The molecule has 1 heteroatoms. The van der Waals surface area contributed by atoms with Gasteiger partial charge in [0.25, 0.3) is 0 Å². The molecule has 2 fully saturated rings. The van der Waals surface area contributed by atoms with E-state index in [-0.39, 0.29) is 0 Å². The second-order valence-corrected chi connectivity index (χ2v) is 7.55. The van der Waals surface area contributed by atoms with Crippen LogP contribution in [0.1, 0.15) is 78.1 Å². The number of hydrogen-bond donors (Lipinski definition) is 1. The molecule has 3 aliphatic rings. The van der Waals surface area contributed by atoms with Crippen molar-refractivity contribution in [2.45, 2.75) is 84.1 Å². The van der Waals surface area contributed by atoms with Crippen LogP contribution in [0, 0.1) is 17.8 Å². The van der Waals surface area contributed by atoms with E-state index in [2.05, 4.69) is 31.3 Å². The number of hydrogen-bond acceptors (Lipinski definition) is 1. The SMILES string of the molecule is CCC1=C(/C=C\C(CC)C2CCC2)NC(CC2CC2)CC1. The molecule has 1 nitrogen and oxygen atoms in total. The summed E-state index contributed by atoms with van der Waals surface area (Å²) in [5.74, 6) is 2.83. The lowest BCUT2D eigenvalue weighted by Gasteiger charge is -2.32. The van der Waals surface area contributed by atoms with Crippen LogP contribution in [0.5, 0.6) is 0 Å². The fraction of sp³-hybridized carbons (Fsp3) is 0.800. The zero-order valence-corrected chi connectivity index (χ0v) is 14.0. The highest BCUT2D eigenvalue weighted by Crippen LogP contribution is 2.37. The summed E-state index contributed by atoms with van der Waals surface area (Å²) in [6, 6.07) is 0.747. The van der Waals surface area contributed by atoms with E-state index < -0.39 is 0 Å². The van der Waals surface area contributed by atoms with Crippen LogP contribution in [-0.4, -0.2) is 6.04 Å². The topological polar surface area (TPSA) is 12.0 Å². The van der Waals surface area contributed by atoms with Gasteiger partial charge < -0.3 is 5.32 Å². The van der Waals surface area contributed by atoms with Crippen molar-refractivity contribution < 1.29 is 0 Å². The second-order valence-electron chi connectivity index (χ2n) is 7.55. The van der Waals surface area contributed by atoms with E-state index in [0.29, 0.717) is 0 Å². The Bertz CT molecular complexity index is 398. The van der Waals surface area contributed by atoms with Gasteiger partial charge in [0.05, 0.1) is 0 Å². The molecular weight excluding hydrogens is 254 g/mol. The first kappa shape index (κ1) is 15.2. The van der Waals surface area contributed by atoms with Gasteiger partial charge >= 0.3 is 0 Å². The van der Waals surface area contributed by atoms with Crippen molar-refractivity contribution >= 4 is 0 Å². The van der Waals surface area contributed by atoms with Gasteiger partial charge in [-0.25, -0.2) is 0 Å². The maximum atomic E-state index is 3.87. The number of rotatable bonds is 7. The average molecular weight is 287 g/mol. The summed E-state index contributed by atoms with van der Waals surface area (Å²) in [5, 5.41) is 3.87. The highest BCUT2D eigenvalue weighted by molar-refractivity contribution is 5.28. The first-order valence-electron chi connectivity index (χ1n) is 9.46. The van der Waals surface area contributed by atoms with Crippen molar-refractivity contribution in [3.05, 3.63) is 23.4 Å². The van der Waals surface area contributed by atoms with Crippen LogP contribution < -0.4 is 5.32 Å². The van der Waals surface area contributed by atoms with Crippen molar-refractivity contribution in [1.29, 1.82) is 0 Å². The second kappa shape index (κ2) is 7.03. The average Bonchev–Trinajstić information content (AvgIpc) is 3.25. The molecule has 0 saturated heterocycles. The van der Waals surface area contributed by atoms with Gasteiger partial charge in [-0.2, -0.15) is 0 Å². The monoisotopic (exact) mass is 287 g/mol. The molecule has 2 aliphatic carbocycles. The van der Waals surface area contributed by atoms with Crippen LogP contribution in [0.3, 0.4) is 0 Å². The molecule has 0 amide bonds. The first-order valence-corrected chi connectivity index (χ1v) is 9.46. The van der Waals surface area contributed by atoms with Crippen molar-refractivity contribution in [3.63, 3.8) is 0 Å². The maximum absolute atomic E-state index is 3.87. The van der Waals surface area contributed by atoms with Crippen LogP contribution in [0.2, 0.25) is 0 Å². The lowest BCUT2D eigenvalue weighted by Crippen LogP contribution is -2.33. The number of nitrogens with one attached hydrogen (secondary N) is 1. The largest absolute Gasteiger partial charge is 0.382 e. The van der Waals surface area contributed by atoms with Gasteiger partial charge in [-0.15, -0.1) is 0 Å². The molecule has 2 atom stereocenters. The molecule has 0 radical (unpaired) electrons. The molecule has 1 N–H and O–H groups in total. The molecule has 0 spiro atoms. The Labute approximate surface area is 131 Å². The normalized spacial score (nSPS) is 28.6. The molecule has 0 aromatic rings. The van der Waals surface area contributed by atoms with E-state index in [1.54, 1.807) is 5.57 Å². The van der Waals surface area contributed by atoms with Crippen LogP contribution >= 0.6 is 0 Å². The molecule has 1 heterocycles. The van der Waals surface area contributed by atoms with Crippen molar-refractivity contribution in [1.82, 2.24) is 5.32 Å². The van der Waals surface area contributed by atoms with Gasteiger partial charge in [-0.3, -0.25) is 0 Å². The van der Waals surface area contributed by atoms with Crippen molar-refractivity contribution in [3.8, 4) is 0 Å². The summed E-state index contributed by atoms with van der Waals surface area (Å²) in [6.45, 7) is 4.67. The van der Waals surface area contributed by atoms with Crippen molar-refractivity contribution in [2.24, 2.45) is 17.8 Å². The van der Waals surface area contributed by atoms with Crippen LogP contribution in [-0.2, 0) is 0 Å². The minimum absolute atomic E-state index is 0.747. The fourth-order valence-electron chi connectivity index (χ4n) is 4.06. The molecule has 1 aliphatic heterocycles. The zero-order valence-electron chi connectivity index (χ0n) is 14.0. The molecule has 0 aromatic carbocycles. The van der Waals surface area contributed by atoms with Gasteiger partial charge in [-0.05, 0) is 74.3 Å². The predicted molar refractivity (Wildman–Crippen MR) is 91.1 cm³/mol. The summed E-state index contributed by atoms with van der Waals surface area (Å²) in [4.78, 5) is 0. The quantitative estimate of drug-likeness (QED) is 0.644. The highest BCUT2D eigenvalue weighted by Gasteiger charge is 2.28. The van der Waals surface area contributed by atoms with E-state index in [1.165, 1.54) is 69.9 Å². The van der Waals surface area contributed by atoms with Crippen molar-refractivity contribution in [2.75, 3.05) is 0 Å². The van der Waals surface area contributed by atoms with E-state index >= 15 is 0 Å². The third-order valence-corrected chi connectivity index (χ3v) is 6.01. The van der Waals surface area contributed by atoms with Crippen LogP contribution in [0.25, 0.3) is 0 Å². The summed E-state index contributed by atoms with van der Waals surface area (Å²) < 4.78 is 0. The minimum Gasteiger partial charge on any atom is -0.382 e. The van der Waals surface area contributed by atoms with E-state index in [4.69, 9.17) is 0 Å². The predicted octanol–water partition coefficient (Wildman–Crippen LogP) is 5.59. The Balaban J connectivity index is 1.62. The molecule has 118 valence electrons. The van der Waals surface area contributed by atoms with Crippen LogP contribution in [0.4, 0.5) is 0 Å². The summed E-state index contributed by atoms with van der Waals surface area (Å²) in [6.07, 6.45) is 18.9. The lowest BCUT2D eigenvalue weighted by atomic mass is 9.74. The molecular formula is C20H33N. The molecule has 3 rings (SSSR count). The Kier molecular flexibility index (Phi) is 5.08. The molecule has 2 unspecified atom stereocenters. The van der Waals surface area contributed by atoms with Gasteiger partial charge in [0, 0.05) is 11.7 Å². The Morgan fingerprint density at radius 2 is 1.95 bits per heavy atom. The first-order chi connectivity index (χ1) is 10.3. The zero-order chi connectivity index (χ0) is 14.7. The highest BCUT2D eigenvalue weighted by atomic mass is 14.9. The Hall–Kier alpha value is -0.720. The fourth-order valence-corrected chi connectivity index (χ4v) is 4.06. The molecule has 21 heavy (non-hydrogen) atoms. The summed E-state index contributed by atoms with van der Waals surface area (Å²) in [7, 11) is 0.